The van der Waals surface area contributed by atoms with E-state index >= 15 is 0 Å². The van der Waals surface area contributed by atoms with Crippen molar-refractivity contribution in [1.82, 2.24) is 14.3 Å². The van der Waals surface area contributed by atoms with Gasteiger partial charge in [0.2, 0.25) is 16.0 Å². The zero-order valence-electron chi connectivity index (χ0n) is 14.7. The summed E-state index contributed by atoms with van der Waals surface area (Å²) in [6.45, 7) is 2.80. The molecule has 3 fully saturated rings. The maximum absolute atomic E-state index is 12.5. The number of methoxy groups -OCH3 is 1. The minimum Gasteiger partial charge on any atom is -0.383 e. The van der Waals surface area contributed by atoms with Crippen LogP contribution in [0.15, 0.2) is 18.5 Å². The third kappa shape index (κ3) is 3.27. The normalized spacial score (nSPS) is 27.1. The molecule has 0 N–H and O–H groups in total. The predicted molar refractivity (Wildman–Crippen MR) is 94.8 cm³/mol. The number of ether oxygens (including phenoxy) is 1. The fourth-order valence-electron chi connectivity index (χ4n) is 4.33. The lowest BCUT2D eigenvalue weighted by Crippen LogP contribution is -2.45. The monoisotopic (exact) mass is 366 g/mol. The predicted octanol–water partition coefficient (Wildman–Crippen LogP) is 1.28. The molecule has 0 unspecified atom stereocenters. The number of piperidine rings is 1. The highest BCUT2D eigenvalue weighted by Gasteiger charge is 2.49. The van der Waals surface area contributed by atoms with Crippen molar-refractivity contribution in [3.05, 3.63) is 18.5 Å². The molecule has 0 aromatic carbocycles. The lowest BCUT2D eigenvalue weighted by molar-refractivity contribution is 0.148. The van der Waals surface area contributed by atoms with Gasteiger partial charge in [0.25, 0.3) is 0 Å². The van der Waals surface area contributed by atoms with Gasteiger partial charge < -0.3 is 9.64 Å². The molecule has 2 saturated heterocycles. The van der Waals surface area contributed by atoms with Crippen LogP contribution in [0.4, 0.5) is 5.95 Å². The second-order valence-electron chi connectivity index (χ2n) is 7.63. The van der Waals surface area contributed by atoms with E-state index in [9.17, 15) is 8.42 Å². The van der Waals surface area contributed by atoms with Crippen LogP contribution in [0.5, 0.6) is 0 Å². The Labute approximate surface area is 149 Å². The number of nitrogens with zero attached hydrogens (tertiary/aromatic N) is 4. The topological polar surface area (TPSA) is 75.6 Å². The lowest BCUT2D eigenvalue weighted by Gasteiger charge is -2.38. The van der Waals surface area contributed by atoms with Gasteiger partial charge in [-0.2, -0.15) is 0 Å². The first kappa shape index (κ1) is 17.2. The van der Waals surface area contributed by atoms with E-state index in [-0.39, 0.29) is 16.7 Å². The maximum Gasteiger partial charge on any atom is 0.225 e. The molecule has 1 aromatic rings. The minimum absolute atomic E-state index is 0.111. The van der Waals surface area contributed by atoms with Gasteiger partial charge in [0.1, 0.15) is 0 Å². The standard InChI is InChI=1S/C17H26N4O3S/c1-24-12-14-11-17(13-21(14)16-18-7-2-8-19-16)5-9-20(10-6-17)25(22,23)15-3-4-15/h2,7-8,14-15H,3-6,9-13H2,1H3/t14-/m0/s1. The van der Waals surface area contributed by atoms with Crippen LogP contribution >= 0.6 is 0 Å². The van der Waals surface area contributed by atoms with Crippen molar-refractivity contribution >= 4 is 16.0 Å². The molecular formula is C17H26N4O3S. The molecule has 0 bridgehead atoms. The number of hydrogen-bond donors (Lipinski definition) is 0. The Balaban J connectivity index is 1.48. The van der Waals surface area contributed by atoms with Crippen LogP contribution in [0.25, 0.3) is 0 Å². The van der Waals surface area contributed by atoms with Crippen LogP contribution in [0.1, 0.15) is 32.1 Å². The summed E-state index contributed by atoms with van der Waals surface area (Å²) in [5.41, 5.74) is 0.137. The molecule has 3 heterocycles. The highest BCUT2D eigenvalue weighted by molar-refractivity contribution is 7.90. The quantitative estimate of drug-likeness (QED) is 0.781. The molecule has 4 rings (SSSR count). The average Bonchev–Trinajstić information content (AvgIpc) is 3.42. The molecule has 1 saturated carbocycles. The van der Waals surface area contributed by atoms with E-state index in [1.165, 1.54) is 0 Å². The van der Waals surface area contributed by atoms with Crippen molar-refractivity contribution in [3.8, 4) is 0 Å². The zero-order valence-corrected chi connectivity index (χ0v) is 15.5. The van der Waals surface area contributed by atoms with Crippen LogP contribution in [0.3, 0.4) is 0 Å². The van der Waals surface area contributed by atoms with E-state index in [2.05, 4.69) is 14.9 Å². The summed E-state index contributed by atoms with van der Waals surface area (Å²) < 4.78 is 32.1. The third-order valence-electron chi connectivity index (χ3n) is 5.87. The van der Waals surface area contributed by atoms with E-state index < -0.39 is 10.0 Å². The summed E-state index contributed by atoms with van der Waals surface area (Å²) in [5.74, 6) is 0.745. The van der Waals surface area contributed by atoms with E-state index in [1.807, 2.05) is 6.07 Å². The Kier molecular flexibility index (Phi) is 4.45. The first-order valence-corrected chi connectivity index (χ1v) is 10.6. The van der Waals surface area contributed by atoms with Gasteiger partial charge in [-0.1, -0.05) is 0 Å². The van der Waals surface area contributed by atoms with E-state index in [1.54, 1.807) is 23.8 Å². The number of sulfonamides is 1. The van der Waals surface area contributed by atoms with E-state index in [4.69, 9.17) is 4.74 Å². The molecule has 1 aliphatic carbocycles. The zero-order chi connectivity index (χ0) is 17.5. The minimum atomic E-state index is -3.05. The Morgan fingerprint density at radius 1 is 1.24 bits per heavy atom. The van der Waals surface area contributed by atoms with Crippen LogP contribution < -0.4 is 4.90 Å². The van der Waals surface area contributed by atoms with Crippen LogP contribution in [-0.4, -0.2) is 67.3 Å². The van der Waals surface area contributed by atoms with Gasteiger partial charge >= 0.3 is 0 Å². The Morgan fingerprint density at radius 3 is 2.52 bits per heavy atom. The molecule has 7 nitrogen and oxygen atoms in total. The fraction of sp³-hybridized carbons (Fsp3) is 0.765. The average molecular weight is 366 g/mol. The molecule has 1 spiro atoms. The van der Waals surface area contributed by atoms with Gasteiger partial charge in [-0.05, 0) is 43.6 Å². The number of rotatable bonds is 5. The van der Waals surface area contributed by atoms with Crippen LogP contribution in [0, 0.1) is 5.41 Å². The second kappa shape index (κ2) is 6.48. The SMILES string of the molecule is COC[C@@H]1CC2(CCN(S(=O)(=O)C3CC3)CC2)CN1c1ncccn1. The summed E-state index contributed by atoms with van der Waals surface area (Å²) in [7, 11) is -1.33. The molecule has 1 aromatic heterocycles. The summed E-state index contributed by atoms with van der Waals surface area (Å²) in [6.07, 6.45) is 8.02. The molecule has 25 heavy (non-hydrogen) atoms. The van der Waals surface area contributed by atoms with E-state index in [0.717, 1.165) is 44.6 Å². The maximum atomic E-state index is 12.5. The van der Waals surface area contributed by atoms with Crippen molar-refractivity contribution in [2.75, 3.05) is 38.3 Å². The number of hydrogen-bond acceptors (Lipinski definition) is 6. The molecule has 2 aliphatic heterocycles. The number of anilines is 1. The molecule has 1 atom stereocenters. The lowest BCUT2D eigenvalue weighted by atomic mass is 9.77. The smallest absolute Gasteiger partial charge is 0.225 e. The van der Waals surface area contributed by atoms with Crippen molar-refractivity contribution in [1.29, 1.82) is 0 Å². The summed E-state index contributed by atoms with van der Waals surface area (Å²) >= 11 is 0. The van der Waals surface area contributed by atoms with Gasteiger partial charge in [0.05, 0.1) is 17.9 Å². The van der Waals surface area contributed by atoms with Crippen molar-refractivity contribution in [3.63, 3.8) is 0 Å². The Morgan fingerprint density at radius 2 is 1.92 bits per heavy atom. The molecular weight excluding hydrogens is 340 g/mol. The summed E-state index contributed by atoms with van der Waals surface area (Å²) in [4.78, 5) is 11.1. The van der Waals surface area contributed by atoms with Gasteiger partial charge in [0, 0.05) is 39.1 Å². The first-order chi connectivity index (χ1) is 12.0. The van der Waals surface area contributed by atoms with Gasteiger partial charge in [0.15, 0.2) is 0 Å². The third-order valence-corrected chi connectivity index (χ3v) is 8.27. The van der Waals surface area contributed by atoms with Crippen LogP contribution in [0.2, 0.25) is 0 Å². The van der Waals surface area contributed by atoms with E-state index in [0.29, 0.717) is 19.7 Å². The molecule has 0 amide bonds. The van der Waals surface area contributed by atoms with Crippen molar-refractivity contribution in [2.45, 2.75) is 43.4 Å². The molecule has 3 aliphatic rings. The number of aromatic nitrogens is 2. The van der Waals surface area contributed by atoms with Crippen molar-refractivity contribution in [2.24, 2.45) is 5.41 Å². The van der Waals surface area contributed by atoms with Crippen molar-refractivity contribution < 1.29 is 13.2 Å². The fourth-order valence-corrected chi connectivity index (χ4v) is 6.18. The molecule has 0 radical (unpaired) electrons. The summed E-state index contributed by atoms with van der Waals surface area (Å²) in [6, 6.07) is 2.07. The second-order valence-corrected chi connectivity index (χ2v) is 9.85. The molecule has 138 valence electrons. The Bertz CT molecular complexity index is 700. The molecule has 8 heteroatoms. The van der Waals surface area contributed by atoms with Gasteiger partial charge in [-0.15, -0.1) is 0 Å². The summed E-state index contributed by atoms with van der Waals surface area (Å²) in [5, 5.41) is -0.111. The van der Waals surface area contributed by atoms with Crippen LogP contribution in [-0.2, 0) is 14.8 Å². The first-order valence-electron chi connectivity index (χ1n) is 9.06. The van der Waals surface area contributed by atoms with Gasteiger partial charge in [-0.25, -0.2) is 22.7 Å². The largest absolute Gasteiger partial charge is 0.383 e. The highest BCUT2D eigenvalue weighted by atomic mass is 32.2. The Hall–Kier alpha value is -1.25. The van der Waals surface area contributed by atoms with Gasteiger partial charge in [-0.3, -0.25) is 0 Å². The highest BCUT2D eigenvalue weighted by Crippen LogP contribution is 2.45.